The molecule has 0 amide bonds. The van der Waals surface area contributed by atoms with E-state index in [4.69, 9.17) is 0 Å². The molecule has 2 heterocycles. The molecule has 7 heteroatoms. The third kappa shape index (κ3) is 2.92. The van der Waals surface area contributed by atoms with Crippen LogP contribution in [0.5, 0.6) is 0 Å². The lowest BCUT2D eigenvalue weighted by molar-refractivity contribution is 0.266. The van der Waals surface area contributed by atoms with E-state index in [-0.39, 0.29) is 0 Å². The van der Waals surface area contributed by atoms with Gasteiger partial charge in [0.25, 0.3) is 0 Å². The van der Waals surface area contributed by atoms with Crippen LogP contribution in [-0.2, 0) is 0 Å². The summed E-state index contributed by atoms with van der Waals surface area (Å²) in [6, 6.07) is 0.535. The predicted molar refractivity (Wildman–Crippen MR) is 82.6 cm³/mol. The number of hydrogen-bond acceptors (Lipinski definition) is 7. The van der Waals surface area contributed by atoms with Gasteiger partial charge in [-0.15, -0.1) is 0 Å². The first-order valence-electron chi connectivity index (χ1n) is 6.95. The highest BCUT2D eigenvalue weighted by Gasteiger charge is 2.32. The first kappa shape index (κ1) is 14.8. The predicted octanol–water partition coefficient (Wildman–Crippen LogP) is 0.366. The molecule has 0 aliphatic carbocycles. The van der Waals surface area contributed by atoms with Gasteiger partial charge in [0.05, 0.1) is 0 Å². The summed E-state index contributed by atoms with van der Waals surface area (Å²) in [7, 11) is 9.96. The molecule has 1 fully saturated rings. The van der Waals surface area contributed by atoms with Gasteiger partial charge < -0.3 is 20.0 Å². The molecule has 1 N–H and O–H groups in total. The number of likely N-dealkylation sites (N-methyl/N-ethyl adjacent to an activating group) is 1. The van der Waals surface area contributed by atoms with Crippen LogP contribution in [0.1, 0.15) is 6.92 Å². The minimum Gasteiger partial charge on any atom is -0.357 e. The highest BCUT2D eigenvalue weighted by atomic mass is 15.4. The van der Waals surface area contributed by atoms with Gasteiger partial charge in [-0.1, -0.05) is 6.92 Å². The number of anilines is 3. The number of hydrogen-bond donors (Lipinski definition) is 1. The summed E-state index contributed by atoms with van der Waals surface area (Å²) in [5.41, 5.74) is 0. The Morgan fingerprint density at radius 2 is 1.80 bits per heavy atom. The second-order valence-corrected chi connectivity index (χ2v) is 5.82. The smallest absolute Gasteiger partial charge is 0.232 e. The average Bonchev–Trinajstić information content (AvgIpc) is 2.80. The van der Waals surface area contributed by atoms with Gasteiger partial charge in [-0.2, -0.15) is 15.0 Å². The fourth-order valence-electron chi connectivity index (χ4n) is 2.59. The Balaban J connectivity index is 2.27. The van der Waals surface area contributed by atoms with Crippen molar-refractivity contribution in [2.24, 2.45) is 5.92 Å². The molecule has 0 aromatic carbocycles. The van der Waals surface area contributed by atoms with E-state index in [2.05, 4.69) is 51.1 Å². The zero-order chi connectivity index (χ0) is 14.9. The molecule has 2 rings (SSSR count). The van der Waals surface area contributed by atoms with Gasteiger partial charge in [-0.3, -0.25) is 0 Å². The van der Waals surface area contributed by atoms with E-state index < -0.39 is 0 Å². The van der Waals surface area contributed by atoms with Crippen molar-refractivity contribution in [1.82, 2.24) is 19.9 Å². The molecule has 1 aliphatic heterocycles. The van der Waals surface area contributed by atoms with Gasteiger partial charge in [0.2, 0.25) is 17.8 Å². The molecule has 0 saturated carbocycles. The molecule has 1 aromatic heterocycles. The molecule has 7 nitrogen and oxygen atoms in total. The van der Waals surface area contributed by atoms with Crippen LogP contribution in [0.15, 0.2) is 0 Å². The van der Waals surface area contributed by atoms with Gasteiger partial charge in [0.1, 0.15) is 0 Å². The first-order valence-corrected chi connectivity index (χ1v) is 6.95. The minimum atomic E-state index is 0.535. The van der Waals surface area contributed by atoms with Crippen molar-refractivity contribution in [3.63, 3.8) is 0 Å². The minimum absolute atomic E-state index is 0.535. The Morgan fingerprint density at radius 3 is 2.30 bits per heavy atom. The van der Waals surface area contributed by atoms with Crippen molar-refractivity contribution >= 4 is 17.8 Å². The molecule has 0 bridgehead atoms. The Bertz CT molecular complexity index is 460. The number of nitrogens with one attached hydrogen (secondary N) is 1. The SMILES string of the molecule is CNc1nc(N(C)C)nc(N2CC(C)C(N(C)C)C2)n1. The molecule has 0 spiro atoms. The highest BCUT2D eigenvalue weighted by molar-refractivity contribution is 5.45. The van der Waals surface area contributed by atoms with Crippen molar-refractivity contribution in [3.8, 4) is 0 Å². The fourth-order valence-corrected chi connectivity index (χ4v) is 2.59. The normalized spacial score (nSPS) is 22.4. The Morgan fingerprint density at radius 1 is 1.10 bits per heavy atom. The highest BCUT2D eigenvalue weighted by Crippen LogP contribution is 2.25. The van der Waals surface area contributed by atoms with E-state index in [0.29, 0.717) is 23.9 Å². The second-order valence-electron chi connectivity index (χ2n) is 5.82. The largest absolute Gasteiger partial charge is 0.357 e. The number of aromatic nitrogens is 3. The van der Waals surface area contributed by atoms with Gasteiger partial charge >= 0.3 is 0 Å². The molecule has 112 valence electrons. The maximum Gasteiger partial charge on any atom is 0.232 e. The van der Waals surface area contributed by atoms with Crippen LogP contribution < -0.4 is 15.1 Å². The molecule has 20 heavy (non-hydrogen) atoms. The van der Waals surface area contributed by atoms with Crippen LogP contribution >= 0.6 is 0 Å². The summed E-state index contributed by atoms with van der Waals surface area (Å²) in [5.74, 6) is 2.65. The lowest BCUT2D eigenvalue weighted by Gasteiger charge is -2.22. The Kier molecular flexibility index (Phi) is 4.27. The van der Waals surface area contributed by atoms with E-state index in [1.165, 1.54) is 0 Å². The fraction of sp³-hybridized carbons (Fsp3) is 0.769. The van der Waals surface area contributed by atoms with Crippen molar-refractivity contribution in [3.05, 3.63) is 0 Å². The van der Waals surface area contributed by atoms with E-state index in [1.54, 1.807) is 0 Å². The van der Waals surface area contributed by atoms with Gasteiger partial charge in [-0.25, -0.2) is 0 Å². The second kappa shape index (κ2) is 5.78. The summed E-state index contributed by atoms with van der Waals surface area (Å²) in [6.07, 6.45) is 0. The molecule has 1 aromatic rings. The van der Waals surface area contributed by atoms with Crippen LogP contribution in [-0.4, -0.2) is 74.2 Å². The molecule has 2 atom stereocenters. The maximum atomic E-state index is 4.56. The molecule has 2 unspecified atom stereocenters. The lowest BCUT2D eigenvalue weighted by atomic mass is 10.1. The summed E-state index contributed by atoms with van der Waals surface area (Å²) in [6.45, 7) is 4.20. The standard InChI is InChI=1S/C13H25N7/c1-9-7-20(8-10(9)18(3)4)13-16-11(14-2)15-12(17-13)19(5)6/h9-10H,7-8H2,1-6H3,(H,14,15,16,17). The van der Waals surface area contributed by atoms with Gasteiger partial charge in [0.15, 0.2) is 0 Å². The van der Waals surface area contributed by atoms with Crippen molar-refractivity contribution in [2.45, 2.75) is 13.0 Å². The third-order valence-electron chi connectivity index (χ3n) is 3.75. The summed E-state index contributed by atoms with van der Waals surface area (Å²) >= 11 is 0. The molecular weight excluding hydrogens is 254 g/mol. The molecular formula is C13H25N7. The van der Waals surface area contributed by atoms with Crippen molar-refractivity contribution in [2.75, 3.05) is 63.4 Å². The van der Waals surface area contributed by atoms with E-state index >= 15 is 0 Å². The lowest BCUT2D eigenvalue weighted by Crippen LogP contribution is -2.34. The number of rotatable bonds is 4. The average molecular weight is 279 g/mol. The summed E-state index contributed by atoms with van der Waals surface area (Å²) in [4.78, 5) is 19.8. The summed E-state index contributed by atoms with van der Waals surface area (Å²) < 4.78 is 0. The van der Waals surface area contributed by atoms with E-state index in [9.17, 15) is 0 Å². The zero-order valence-corrected chi connectivity index (χ0v) is 13.3. The van der Waals surface area contributed by atoms with Crippen LogP contribution in [0.3, 0.4) is 0 Å². The maximum absolute atomic E-state index is 4.56. The van der Waals surface area contributed by atoms with Gasteiger partial charge in [0, 0.05) is 40.3 Å². The molecule has 0 radical (unpaired) electrons. The Hall–Kier alpha value is -1.63. The van der Waals surface area contributed by atoms with Crippen LogP contribution in [0.4, 0.5) is 17.8 Å². The van der Waals surface area contributed by atoms with Crippen LogP contribution in [0.2, 0.25) is 0 Å². The topological polar surface area (TPSA) is 60.4 Å². The monoisotopic (exact) mass is 279 g/mol. The molecule has 1 aliphatic rings. The number of nitrogens with zero attached hydrogens (tertiary/aromatic N) is 6. The Labute approximate surface area is 121 Å². The van der Waals surface area contributed by atoms with E-state index in [1.807, 2.05) is 26.0 Å². The quantitative estimate of drug-likeness (QED) is 0.854. The van der Waals surface area contributed by atoms with Crippen LogP contribution in [0.25, 0.3) is 0 Å². The first-order chi connectivity index (χ1) is 9.42. The van der Waals surface area contributed by atoms with E-state index in [0.717, 1.165) is 19.0 Å². The zero-order valence-electron chi connectivity index (χ0n) is 13.3. The van der Waals surface area contributed by atoms with Crippen LogP contribution in [0, 0.1) is 5.92 Å². The van der Waals surface area contributed by atoms with Crippen molar-refractivity contribution in [1.29, 1.82) is 0 Å². The van der Waals surface area contributed by atoms with Gasteiger partial charge in [-0.05, 0) is 20.0 Å². The van der Waals surface area contributed by atoms with Crippen molar-refractivity contribution < 1.29 is 0 Å². The summed E-state index contributed by atoms with van der Waals surface area (Å²) in [5, 5.41) is 3.01. The molecule has 1 saturated heterocycles. The third-order valence-corrected chi connectivity index (χ3v) is 3.75.